The van der Waals surface area contributed by atoms with E-state index in [0.29, 0.717) is 23.6 Å². The maximum Gasteiger partial charge on any atom is 0.254 e. The van der Waals surface area contributed by atoms with Crippen LogP contribution in [0, 0.1) is 0 Å². The zero-order chi connectivity index (χ0) is 21.5. The van der Waals surface area contributed by atoms with Crippen LogP contribution in [0.2, 0.25) is 0 Å². The second kappa shape index (κ2) is 10.2. The molecule has 0 aromatic heterocycles. The lowest BCUT2D eigenvalue weighted by Gasteiger charge is -2.29. The van der Waals surface area contributed by atoms with Gasteiger partial charge in [0, 0.05) is 43.5 Å². The lowest BCUT2D eigenvalue weighted by Crippen LogP contribution is -2.36. The minimum atomic E-state index is -0.0704. The molecule has 2 aromatic rings. The quantitative estimate of drug-likeness (QED) is 0.694. The standard InChI is InChI=1S/C24H30N2O4/c1-5-6-19-15-20(16-22(28-3)23(19)29-4)24(27)25(2)17-18-7-9-21(10-8-18)26-11-13-30-14-12-26/h5-10,15-16H,11-14,17H2,1-4H3/b6-5+. The van der Waals surface area contributed by atoms with Crippen molar-refractivity contribution in [3.8, 4) is 11.5 Å². The van der Waals surface area contributed by atoms with Crippen molar-refractivity contribution in [1.82, 2.24) is 4.90 Å². The molecule has 0 bridgehead atoms. The monoisotopic (exact) mass is 410 g/mol. The number of carbonyl (C=O) groups excluding carboxylic acids is 1. The summed E-state index contributed by atoms with van der Waals surface area (Å²) in [7, 11) is 4.98. The van der Waals surface area contributed by atoms with Gasteiger partial charge in [-0.1, -0.05) is 24.3 Å². The molecule has 1 saturated heterocycles. The van der Waals surface area contributed by atoms with Crippen LogP contribution in [0.15, 0.2) is 42.5 Å². The average molecular weight is 411 g/mol. The number of anilines is 1. The number of ether oxygens (including phenoxy) is 3. The third kappa shape index (κ3) is 4.94. The van der Waals surface area contributed by atoms with E-state index in [-0.39, 0.29) is 5.91 Å². The molecule has 1 amide bonds. The van der Waals surface area contributed by atoms with Crippen LogP contribution in [0.5, 0.6) is 11.5 Å². The molecule has 30 heavy (non-hydrogen) atoms. The molecule has 0 N–H and O–H groups in total. The van der Waals surface area contributed by atoms with Crippen LogP contribution in [0.25, 0.3) is 6.08 Å². The van der Waals surface area contributed by atoms with Gasteiger partial charge in [-0.2, -0.15) is 0 Å². The van der Waals surface area contributed by atoms with Crippen molar-refractivity contribution in [3.05, 3.63) is 59.2 Å². The summed E-state index contributed by atoms with van der Waals surface area (Å²) in [6.45, 7) is 5.79. The minimum Gasteiger partial charge on any atom is -0.493 e. The Morgan fingerprint density at radius 2 is 1.83 bits per heavy atom. The molecule has 0 unspecified atom stereocenters. The first-order valence-electron chi connectivity index (χ1n) is 10.1. The number of amides is 1. The number of methoxy groups -OCH3 is 2. The largest absolute Gasteiger partial charge is 0.493 e. The molecule has 2 aromatic carbocycles. The third-order valence-electron chi connectivity index (χ3n) is 5.18. The van der Waals surface area contributed by atoms with E-state index in [1.807, 2.05) is 32.2 Å². The van der Waals surface area contributed by atoms with Crippen LogP contribution in [0.4, 0.5) is 5.69 Å². The SMILES string of the molecule is C/C=C/c1cc(C(=O)N(C)Cc2ccc(N3CCOCC3)cc2)cc(OC)c1OC. The highest BCUT2D eigenvalue weighted by Gasteiger charge is 2.18. The smallest absolute Gasteiger partial charge is 0.254 e. The van der Waals surface area contributed by atoms with Crippen LogP contribution in [-0.4, -0.2) is 58.4 Å². The Morgan fingerprint density at radius 1 is 1.13 bits per heavy atom. The van der Waals surface area contributed by atoms with E-state index in [9.17, 15) is 4.79 Å². The Bertz CT molecular complexity index is 887. The molecule has 6 nitrogen and oxygen atoms in total. The highest BCUT2D eigenvalue weighted by atomic mass is 16.5. The van der Waals surface area contributed by atoms with Gasteiger partial charge in [-0.25, -0.2) is 0 Å². The summed E-state index contributed by atoms with van der Waals surface area (Å²) >= 11 is 0. The van der Waals surface area contributed by atoms with E-state index in [0.717, 1.165) is 37.4 Å². The van der Waals surface area contributed by atoms with E-state index in [2.05, 4.69) is 29.2 Å². The first kappa shape index (κ1) is 21.7. The number of nitrogens with zero attached hydrogens (tertiary/aromatic N) is 2. The molecular formula is C24H30N2O4. The van der Waals surface area contributed by atoms with Gasteiger partial charge in [0.2, 0.25) is 0 Å². The number of benzene rings is 2. The summed E-state index contributed by atoms with van der Waals surface area (Å²) in [6, 6.07) is 11.9. The van der Waals surface area contributed by atoms with Gasteiger partial charge in [-0.3, -0.25) is 4.79 Å². The van der Waals surface area contributed by atoms with E-state index in [1.165, 1.54) is 5.69 Å². The Balaban J connectivity index is 1.74. The van der Waals surface area contributed by atoms with Crippen molar-refractivity contribution in [2.75, 3.05) is 52.5 Å². The first-order valence-corrected chi connectivity index (χ1v) is 10.1. The molecule has 160 valence electrons. The predicted octanol–water partition coefficient (Wildman–Crippen LogP) is 3.85. The average Bonchev–Trinajstić information content (AvgIpc) is 2.79. The Morgan fingerprint density at radius 3 is 2.43 bits per heavy atom. The normalized spacial score (nSPS) is 14.1. The first-order chi connectivity index (χ1) is 14.6. The molecule has 0 radical (unpaired) electrons. The van der Waals surface area contributed by atoms with Crippen molar-refractivity contribution >= 4 is 17.7 Å². The maximum absolute atomic E-state index is 13.1. The lowest BCUT2D eigenvalue weighted by molar-refractivity contribution is 0.0784. The van der Waals surface area contributed by atoms with Gasteiger partial charge >= 0.3 is 0 Å². The van der Waals surface area contributed by atoms with Crippen molar-refractivity contribution < 1.29 is 19.0 Å². The van der Waals surface area contributed by atoms with E-state index < -0.39 is 0 Å². The summed E-state index contributed by atoms with van der Waals surface area (Å²) in [5.74, 6) is 1.09. The molecule has 6 heteroatoms. The predicted molar refractivity (Wildman–Crippen MR) is 120 cm³/mol. The topological polar surface area (TPSA) is 51.2 Å². The fraction of sp³-hybridized carbons (Fsp3) is 0.375. The second-order valence-electron chi connectivity index (χ2n) is 7.23. The Hall–Kier alpha value is -2.99. The fourth-order valence-electron chi connectivity index (χ4n) is 3.62. The van der Waals surface area contributed by atoms with Gasteiger partial charge in [0.05, 0.1) is 27.4 Å². The minimum absolute atomic E-state index is 0.0704. The maximum atomic E-state index is 13.1. The van der Waals surface area contributed by atoms with Crippen LogP contribution >= 0.6 is 0 Å². The number of carbonyl (C=O) groups is 1. The highest BCUT2D eigenvalue weighted by Crippen LogP contribution is 2.34. The van der Waals surface area contributed by atoms with Crippen LogP contribution in [0.3, 0.4) is 0 Å². The molecule has 0 saturated carbocycles. The van der Waals surface area contributed by atoms with Crippen molar-refractivity contribution in [2.24, 2.45) is 0 Å². The van der Waals surface area contributed by atoms with Gasteiger partial charge in [-0.05, 0) is 36.8 Å². The van der Waals surface area contributed by atoms with Gasteiger partial charge in [0.15, 0.2) is 11.5 Å². The number of morpholine rings is 1. The van der Waals surface area contributed by atoms with Gasteiger partial charge in [0.1, 0.15) is 0 Å². The van der Waals surface area contributed by atoms with E-state index >= 15 is 0 Å². The third-order valence-corrected chi connectivity index (χ3v) is 5.18. The molecule has 1 aliphatic rings. The van der Waals surface area contributed by atoms with E-state index in [4.69, 9.17) is 14.2 Å². The zero-order valence-electron chi connectivity index (χ0n) is 18.2. The number of hydrogen-bond donors (Lipinski definition) is 0. The molecular weight excluding hydrogens is 380 g/mol. The number of allylic oxidation sites excluding steroid dienone is 1. The molecule has 1 fully saturated rings. The van der Waals surface area contributed by atoms with E-state index in [1.54, 1.807) is 25.2 Å². The molecule has 0 spiro atoms. The molecule has 0 atom stereocenters. The van der Waals surface area contributed by atoms with Gasteiger partial charge in [0.25, 0.3) is 5.91 Å². The summed E-state index contributed by atoms with van der Waals surface area (Å²) in [5.41, 5.74) is 3.64. The summed E-state index contributed by atoms with van der Waals surface area (Å²) in [4.78, 5) is 17.1. The van der Waals surface area contributed by atoms with Crippen LogP contribution in [0.1, 0.15) is 28.4 Å². The Kier molecular flexibility index (Phi) is 7.36. The Labute approximate surface area is 178 Å². The summed E-state index contributed by atoms with van der Waals surface area (Å²) in [5, 5.41) is 0. The number of hydrogen-bond acceptors (Lipinski definition) is 5. The zero-order valence-corrected chi connectivity index (χ0v) is 18.2. The van der Waals surface area contributed by atoms with Crippen LogP contribution in [-0.2, 0) is 11.3 Å². The molecule has 1 aliphatic heterocycles. The lowest BCUT2D eigenvalue weighted by atomic mass is 10.1. The van der Waals surface area contributed by atoms with Crippen molar-refractivity contribution in [2.45, 2.75) is 13.5 Å². The van der Waals surface area contributed by atoms with Crippen LogP contribution < -0.4 is 14.4 Å². The number of rotatable bonds is 7. The highest BCUT2D eigenvalue weighted by molar-refractivity contribution is 5.95. The van der Waals surface area contributed by atoms with Gasteiger partial charge < -0.3 is 24.0 Å². The summed E-state index contributed by atoms with van der Waals surface area (Å²) in [6.07, 6.45) is 3.81. The molecule has 3 rings (SSSR count). The van der Waals surface area contributed by atoms with Crippen molar-refractivity contribution in [3.63, 3.8) is 0 Å². The summed E-state index contributed by atoms with van der Waals surface area (Å²) < 4.78 is 16.3. The second-order valence-corrected chi connectivity index (χ2v) is 7.23. The fourth-order valence-corrected chi connectivity index (χ4v) is 3.62. The van der Waals surface area contributed by atoms with Gasteiger partial charge in [-0.15, -0.1) is 0 Å². The molecule has 0 aliphatic carbocycles. The molecule has 1 heterocycles. The van der Waals surface area contributed by atoms with Crippen molar-refractivity contribution in [1.29, 1.82) is 0 Å².